The van der Waals surface area contributed by atoms with E-state index in [1.54, 1.807) is 18.2 Å². The molecule has 0 bridgehead atoms. The number of nitrogens with zero attached hydrogens (tertiary/aromatic N) is 5. The molecule has 2 amide bonds. The number of hydrogen-bond donors (Lipinski definition) is 0. The Labute approximate surface area is 283 Å². The van der Waals surface area contributed by atoms with Gasteiger partial charge >= 0.3 is 6.18 Å². The average molecular weight is 670 g/mol. The highest BCUT2D eigenvalue weighted by Crippen LogP contribution is 2.31. The maximum Gasteiger partial charge on any atom is 0.416 e. The Kier molecular flexibility index (Phi) is 9.47. The predicted octanol–water partition coefficient (Wildman–Crippen LogP) is 7.74. The molecule has 1 aliphatic rings. The zero-order valence-corrected chi connectivity index (χ0v) is 27.9. The Bertz CT molecular complexity index is 1940. The minimum atomic E-state index is -4.48. The Morgan fingerprint density at radius 1 is 0.898 bits per heavy atom. The van der Waals surface area contributed by atoms with Gasteiger partial charge in [0.2, 0.25) is 5.88 Å². The number of aryl methyl sites for hydroxylation is 1. The average Bonchev–Trinajstić information content (AvgIpc) is 3.43. The van der Waals surface area contributed by atoms with E-state index < -0.39 is 17.6 Å². The molecule has 11 heteroatoms. The number of benzene rings is 3. The quantitative estimate of drug-likeness (QED) is 0.169. The van der Waals surface area contributed by atoms with Gasteiger partial charge in [-0.05, 0) is 65.6 Å². The molecule has 0 unspecified atom stereocenters. The second-order valence-electron chi connectivity index (χ2n) is 12.7. The summed E-state index contributed by atoms with van der Waals surface area (Å²) in [4.78, 5) is 36.4. The molecule has 0 N–H and O–H groups in total. The zero-order chi connectivity index (χ0) is 34.9. The fourth-order valence-corrected chi connectivity index (χ4v) is 5.98. The van der Waals surface area contributed by atoms with E-state index in [9.17, 15) is 22.8 Å². The van der Waals surface area contributed by atoms with Gasteiger partial charge in [0.1, 0.15) is 11.4 Å². The molecule has 2 aromatic heterocycles. The summed E-state index contributed by atoms with van der Waals surface area (Å²) in [5, 5.41) is 0.911. The monoisotopic (exact) mass is 669 g/mol. The van der Waals surface area contributed by atoms with Crippen LogP contribution < -0.4 is 9.64 Å². The van der Waals surface area contributed by atoms with Crippen LogP contribution in [0.2, 0.25) is 0 Å². The third-order valence-corrected chi connectivity index (χ3v) is 9.04. The number of carbonyl (C=O) groups is 2. The van der Waals surface area contributed by atoms with Crippen molar-refractivity contribution in [3.05, 3.63) is 119 Å². The standard InChI is InChI=1S/C38H38F3N5O3/c1-25(2)27-7-5-26(6-8-27)24-45-17-19-46(20-18-45)37(48)34-21-29-11-15-32(22-33(29)44(34)4)49-35-16-14-31(23-42-35)43(3)36(47)28-9-12-30(13-10-28)38(39,40)41/h5-16,21-23,25H,17-20,24H2,1-4H3. The topological polar surface area (TPSA) is 70.9 Å². The van der Waals surface area contributed by atoms with Crippen molar-refractivity contribution in [2.45, 2.75) is 32.5 Å². The lowest BCUT2D eigenvalue weighted by Gasteiger charge is -2.34. The molecule has 6 rings (SSSR count). The van der Waals surface area contributed by atoms with Gasteiger partial charge < -0.3 is 19.1 Å². The summed E-state index contributed by atoms with van der Waals surface area (Å²) in [6.07, 6.45) is -3.02. The SMILES string of the molecule is CC(C)c1ccc(CN2CCN(C(=O)c3cc4ccc(Oc5ccc(N(C)C(=O)c6ccc(C(F)(F)F)cc6)cn5)cc4n3C)CC2)cc1. The van der Waals surface area contributed by atoms with Gasteiger partial charge in [0.05, 0.1) is 23.0 Å². The van der Waals surface area contributed by atoms with Gasteiger partial charge in [-0.2, -0.15) is 13.2 Å². The number of carbonyl (C=O) groups excluding carboxylic acids is 2. The molecule has 254 valence electrons. The number of anilines is 1. The number of fused-ring (bicyclic) bond motifs is 1. The van der Waals surface area contributed by atoms with Crippen LogP contribution in [0.15, 0.2) is 91.1 Å². The third kappa shape index (κ3) is 7.46. The smallest absolute Gasteiger partial charge is 0.416 e. The van der Waals surface area contributed by atoms with Gasteiger partial charge in [-0.15, -0.1) is 0 Å². The van der Waals surface area contributed by atoms with E-state index in [4.69, 9.17) is 4.74 Å². The fraction of sp³-hybridized carbons (Fsp3) is 0.289. The van der Waals surface area contributed by atoms with Crippen LogP contribution in [0.1, 0.15) is 57.3 Å². The molecule has 49 heavy (non-hydrogen) atoms. The molecule has 5 aromatic rings. The van der Waals surface area contributed by atoms with E-state index in [1.807, 2.05) is 34.7 Å². The number of piperazine rings is 1. The first kappa shape index (κ1) is 33.7. The normalized spacial score (nSPS) is 14.0. The van der Waals surface area contributed by atoms with E-state index in [0.29, 0.717) is 36.1 Å². The molecule has 3 heterocycles. The van der Waals surface area contributed by atoms with Gasteiger partial charge in [-0.3, -0.25) is 14.5 Å². The van der Waals surface area contributed by atoms with Crippen molar-refractivity contribution in [1.29, 1.82) is 0 Å². The highest BCUT2D eigenvalue weighted by Gasteiger charge is 2.30. The highest BCUT2D eigenvalue weighted by atomic mass is 19.4. The van der Waals surface area contributed by atoms with Crippen LogP contribution in [-0.4, -0.2) is 64.4 Å². The highest BCUT2D eigenvalue weighted by molar-refractivity contribution is 6.05. The van der Waals surface area contributed by atoms with Crippen LogP contribution >= 0.6 is 0 Å². The molecule has 3 aromatic carbocycles. The summed E-state index contributed by atoms with van der Waals surface area (Å²) in [5.41, 5.74) is 3.80. The third-order valence-electron chi connectivity index (χ3n) is 9.04. The van der Waals surface area contributed by atoms with Crippen LogP contribution in [0.4, 0.5) is 18.9 Å². The van der Waals surface area contributed by atoms with Gasteiger partial charge in [-0.25, -0.2) is 4.98 Å². The largest absolute Gasteiger partial charge is 0.439 e. The van der Waals surface area contributed by atoms with E-state index in [2.05, 4.69) is 48.0 Å². The van der Waals surface area contributed by atoms with Crippen LogP contribution in [0, 0.1) is 0 Å². The summed E-state index contributed by atoms with van der Waals surface area (Å²) < 4.78 is 46.5. The van der Waals surface area contributed by atoms with Crippen LogP contribution in [0.5, 0.6) is 11.6 Å². The lowest BCUT2D eigenvalue weighted by molar-refractivity contribution is -0.137. The zero-order valence-electron chi connectivity index (χ0n) is 27.9. The molecule has 0 radical (unpaired) electrons. The van der Waals surface area contributed by atoms with Crippen molar-refractivity contribution in [1.82, 2.24) is 19.4 Å². The Balaban J connectivity index is 1.07. The summed E-state index contributed by atoms with van der Waals surface area (Å²) in [6.45, 7) is 8.19. The molecule has 0 spiro atoms. The Morgan fingerprint density at radius 2 is 1.59 bits per heavy atom. The second-order valence-corrected chi connectivity index (χ2v) is 12.7. The van der Waals surface area contributed by atoms with Crippen molar-refractivity contribution in [2.24, 2.45) is 7.05 Å². The van der Waals surface area contributed by atoms with Crippen molar-refractivity contribution < 1.29 is 27.5 Å². The predicted molar refractivity (Wildman–Crippen MR) is 183 cm³/mol. The van der Waals surface area contributed by atoms with Crippen molar-refractivity contribution in [3.8, 4) is 11.6 Å². The van der Waals surface area contributed by atoms with Crippen molar-refractivity contribution >= 4 is 28.4 Å². The first-order valence-corrected chi connectivity index (χ1v) is 16.2. The molecule has 1 saturated heterocycles. The van der Waals surface area contributed by atoms with Gasteiger partial charge in [-0.1, -0.05) is 38.1 Å². The minimum Gasteiger partial charge on any atom is -0.439 e. The van der Waals surface area contributed by atoms with Crippen molar-refractivity contribution in [2.75, 3.05) is 38.1 Å². The molecule has 1 fully saturated rings. The number of aromatic nitrogens is 2. The van der Waals surface area contributed by atoms with Gasteiger partial charge in [0, 0.05) is 69.9 Å². The summed E-state index contributed by atoms with van der Waals surface area (Å²) >= 11 is 0. The molecule has 0 aliphatic carbocycles. The first-order valence-electron chi connectivity index (χ1n) is 16.2. The van der Waals surface area contributed by atoms with E-state index in [0.717, 1.165) is 54.8 Å². The lowest BCUT2D eigenvalue weighted by Crippen LogP contribution is -2.48. The van der Waals surface area contributed by atoms with Crippen molar-refractivity contribution in [3.63, 3.8) is 0 Å². The van der Waals surface area contributed by atoms with E-state index in [-0.39, 0.29) is 17.4 Å². The van der Waals surface area contributed by atoms with Crippen LogP contribution in [0.25, 0.3) is 10.9 Å². The first-order chi connectivity index (χ1) is 23.4. The number of ether oxygens (including phenoxy) is 1. The summed E-state index contributed by atoms with van der Waals surface area (Å²) in [5.74, 6) is 0.843. The molecule has 1 aliphatic heterocycles. The van der Waals surface area contributed by atoms with Gasteiger partial charge in [0.15, 0.2) is 0 Å². The van der Waals surface area contributed by atoms with E-state index in [1.165, 1.54) is 29.3 Å². The molecule has 0 saturated carbocycles. The number of rotatable bonds is 8. The Morgan fingerprint density at radius 3 is 2.20 bits per heavy atom. The van der Waals surface area contributed by atoms with Crippen LogP contribution in [-0.2, 0) is 19.8 Å². The van der Waals surface area contributed by atoms with E-state index >= 15 is 0 Å². The minimum absolute atomic E-state index is 0.00526. The maximum absolute atomic E-state index is 13.6. The lowest BCUT2D eigenvalue weighted by atomic mass is 10.0. The molecular weight excluding hydrogens is 631 g/mol. The number of alkyl halides is 3. The van der Waals surface area contributed by atoms with Crippen LogP contribution in [0.3, 0.4) is 0 Å². The second kappa shape index (κ2) is 13.8. The molecule has 0 atom stereocenters. The fourth-order valence-electron chi connectivity index (χ4n) is 5.98. The molecular formula is C38H38F3N5O3. The number of hydrogen-bond acceptors (Lipinski definition) is 5. The molecule has 8 nitrogen and oxygen atoms in total. The summed E-state index contributed by atoms with van der Waals surface area (Å²) in [7, 11) is 3.39. The number of halogens is 3. The summed E-state index contributed by atoms with van der Waals surface area (Å²) in [6, 6.07) is 23.6. The van der Waals surface area contributed by atoms with Gasteiger partial charge in [0.25, 0.3) is 11.8 Å². The number of pyridine rings is 1. The maximum atomic E-state index is 13.6. The Hall–Kier alpha value is -5.16. The number of amides is 2.